The average Bonchev–Trinajstić information content (AvgIpc) is 2.53. The van der Waals surface area contributed by atoms with Gasteiger partial charge in [-0.05, 0) is 49.7 Å². The molecule has 0 aliphatic heterocycles. The fourth-order valence-electron chi connectivity index (χ4n) is 2.38. The molecule has 0 spiro atoms. The lowest BCUT2D eigenvalue weighted by atomic mass is 10.2. The molecule has 0 aliphatic carbocycles. The summed E-state index contributed by atoms with van der Waals surface area (Å²) in [7, 11) is 0. The molecule has 0 heterocycles. The van der Waals surface area contributed by atoms with Gasteiger partial charge >= 0.3 is 6.18 Å². The van der Waals surface area contributed by atoms with E-state index in [1.165, 1.54) is 12.1 Å². The lowest BCUT2D eigenvalue weighted by Crippen LogP contribution is -2.35. The first-order valence-electron chi connectivity index (χ1n) is 7.59. The van der Waals surface area contributed by atoms with Crippen molar-refractivity contribution in [2.45, 2.75) is 20.0 Å². The zero-order chi connectivity index (χ0) is 17.7. The van der Waals surface area contributed by atoms with Crippen LogP contribution < -0.4 is 10.2 Å². The Labute approximate surface area is 139 Å². The Morgan fingerprint density at radius 1 is 1.12 bits per heavy atom. The topological polar surface area (TPSA) is 32.3 Å². The molecule has 0 fully saturated rings. The Balaban J connectivity index is 2.07. The van der Waals surface area contributed by atoms with Crippen molar-refractivity contribution >= 4 is 17.3 Å². The van der Waals surface area contributed by atoms with Crippen molar-refractivity contribution in [1.29, 1.82) is 0 Å². The molecule has 2 rings (SSSR count). The minimum absolute atomic E-state index is 0.0803. The number of aryl methyl sites for hydroxylation is 1. The molecule has 128 valence electrons. The van der Waals surface area contributed by atoms with Gasteiger partial charge in [-0.25, -0.2) is 0 Å². The Kier molecular flexibility index (Phi) is 5.49. The van der Waals surface area contributed by atoms with Crippen molar-refractivity contribution in [3.05, 3.63) is 59.7 Å². The van der Waals surface area contributed by atoms with Gasteiger partial charge in [0, 0.05) is 17.9 Å². The number of carbonyl (C=O) groups excluding carboxylic acids is 1. The number of carbonyl (C=O) groups is 1. The second-order valence-electron chi connectivity index (χ2n) is 5.41. The van der Waals surface area contributed by atoms with Gasteiger partial charge in [0.05, 0.1) is 12.1 Å². The first-order valence-corrected chi connectivity index (χ1v) is 7.59. The summed E-state index contributed by atoms with van der Waals surface area (Å²) in [6, 6.07) is 12.3. The number of anilines is 2. The van der Waals surface area contributed by atoms with E-state index in [9.17, 15) is 18.0 Å². The van der Waals surface area contributed by atoms with Crippen LogP contribution in [0.2, 0.25) is 0 Å². The third kappa shape index (κ3) is 4.50. The predicted octanol–water partition coefficient (Wildman–Crippen LogP) is 4.48. The van der Waals surface area contributed by atoms with Gasteiger partial charge in [-0.15, -0.1) is 0 Å². The van der Waals surface area contributed by atoms with Crippen molar-refractivity contribution in [2.24, 2.45) is 0 Å². The van der Waals surface area contributed by atoms with Gasteiger partial charge in [-0.2, -0.15) is 13.2 Å². The van der Waals surface area contributed by atoms with E-state index in [0.29, 0.717) is 6.54 Å². The fraction of sp³-hybridized carbons (Fsp3) is 0.278. The van der Waals surface area contributed by atoms with Crippen LogP contribution in [0.5, 0.6) is 0 Å². The molecule has 0 aliphatic rings. The van der Waals surface area contributed by atoms with Crippen molar-refractivity contribution in [3.8, 4) is 0 Å². The maximum absolute atomic E-state index is 12.7. The average molecular weight is 336 g/mol. The molecule has 6 heteroatoms. The number of likely N-dealkylation sites (N-methyl/N-ethyl adjacent to an activating group) is 1. The molecule has 1 N–H and O–H groups in total. The number of alkyl halides is 3. The van der Waals surface area contributed by atoms with Crippen molar-refractivity contribution in [3.63, 3.8) is 0 Å². The van der Waals surface area contributed by atoms with E-state index in [-0.39, 0.29) is 18.1 Å². The van der Waals surface area contributed by atoms with Gasteiger partial charge in [0.15, 0.2) is 0 Å². The predicted molar refractivity (Wildman–Crippen MR) is 89.1 cm³/mol. The highest BCUT2D eigenvalue weighted by atomic mass is 19.4. The van der Waals surface area contributed by atoms with Crippen molar-refractivity contribution in [2.75, 3.05) is 23.3 Å². The molecule has 24 heavy (non-hydrogen) atoms. The summed E-state index contributed by atoms with van der Waals surface area (Å²) in [5.74, 6) is -0.208. The summed E-state index contributed by atoms with van der Waals surface area (Å²) in [5, 5.41) is 2.76. The maximum Gasteiger partial charge on any atom is 0.416 e. The molecule has 0 atom stereocenters. The van der Waals surface area contributed by atoms with Gasteiger partial charge in [-0.1, -0.05) is 18.2 Å². The molecule has 0 saturated heterocycles. The first-order chi connectivity index (χ1) is 11.3. The number of benzene rings is 2. The zero-order valence-electron chi connectivity index (χ0n) is 13.5. The second kappa shape index (κ2) is 7.38. The van der Waals surface area contributed by atoms with Crippen LogP contribution in [-0.4, -0.2) is 19.0 Å². The summed E-state index contributed by atoms with van der Waals surface area (Å²) in [6.45, 7) is 4.18. The Morgan fingerprint density at radius 3 is 2.46 bits per heavy atom. The van der Waals surface area contributed by atoms with Gasteiger partial charge in [0.25, 0.3) is 0 Å². The van der Waals surface area contributed by atoms with Crippen LogP contribution >= 0.6 is 0 Å². The lowest BCUT2D eigenvalue weighted by Gasteiger charge is -2.22. The van der Waals surface area contributed by atoms with Gasteiger partial charge in [0.2, 0.25) is 5.91 Å². The summed E-state index contributed by atoms with van der Waals surface area (Å²) >= 11 is 0. The van der Waals surface area contributed by atoms with E-state index < -0.39 is 11.7 Å². The van der Waals surface area contributed by atoms with Crippen LogP contribution in [0.4, 0.5) is 24.5 Å². The summed E-state index contributed by atoms with van der Waals surface area (Å²) in [6.07, 6.45) is -4.40. The summed E-state index contributed by atoms with van der Waals surface area (Å²) in [5.41, 5.74) is 1.32. The molecule has 0 aromatic heterocycles. The smallest absolute Gasteiger partial charge is 0.376 e. The molecule has 1 amide bonds. The minimum Gasteiger partial charge on any atom is -0.376 e. The SMILES string of the molecule is CCN(C(=O)CNc1cccc(C(F)(F)F)c1)c1cccc(C)c1. The molecule has 0 bridgehead atoms. The molecular weight excluding hydrogens is 317 g/mol. The van der Waals surface area contributed by atoms with Crippen molar-refractivity contribution in [1.82, 2.24) is 0 Å². The number of hydrogen-bond donors (Lipinski definition) is 1. The second-order valence-corrected chi connectivity index (χ2v) is 5.41. The number of rotatable bonds is 5. The largest absolute Gasteiger partial charge is 0.416 e. The molecule has 0 saturated carbocycles. The number of amides is 1. The first kappa shape index (κ1) is 17.8. The van der Waals surface area contributed by atoms with E-state index in [2.05, 4.69) is 5.32 Å². The van der Waals surface area contributed by atoms with E-state index >= 15 is 0 Å². The van der Waals surface area contributed by atoms with Crippen LogP contribution in [0, 0.1) is 6.92 Å². The number of nitrogens with one attached hydrogen (secondary N) is 1. The highest BCUT2D eigenvalue weighted by molar-refractivity contribution is 5.96. The van der Waals surface area contributed by atoms with Crippen molar-refractivity contribution < 1.29 is 18.0 Å². The summed E-state index contributed by atoms with van der Waals surface area (Å²) < 4.78 is 38.1. The maximum atomic E-state index is 12.7. The third-order valence-electron chi connectivity index (χ3n) is 3.56. The summed E-state index contributed by atoms with van der Waals surface area (Å²) in [4.78, 5) is 14.0. The lowest BCUT2D eigenvalue weighted by molar-refractivity contribution is -0.137. The number of hydrogen-bond acceptors (Lipinski definition) is 2. The molecule has 0 unspecified atom stereocenters. The van der Waals surface area contributed by atoms with Gasteiger partial charge in [0.1, 0.15) is 0 Å². The van der Waals surface area contributed by atoms with E-state index in [4.69, 9.17) is 0 Å². The highest BCUT2D eigenvalue weighted by Crippen LogP contribution is 2.30. The van der Waals surface area contributed by atoms with Crippen LogP contribution in [0.25, 0.3) is 0 Å². The third-order valence-corrected chi connectivity index (χ3v) is 3.56. The molecular formula is C18H19F3N2O. The fourth-order valence-corrected chi connectivity index (χ4v) is 2.38. The Bertz CT molecular complexity index is 713. The van der Waals surface area contributed by atoms with Crippen LogP contribution in [-0.2, 0) is 11.0 Å². The minimum atomic E-state index is -4.40. The van der Waals surface area contributed by atoms with Crippen LogP contribution in [0.15, 0.2) is 48.5 Å². The molecule has 0 radical (unpaired) electrons. The van der Waals surface area contributed by atoms with Crippen LogP contribution in [0.3, 0.4) is 0 Å². The number of halogens is 3. The van der Waals surface area contributed by atoms with Gasteiger partial charge < -0.3 is 10.2 Å². The quantitative estimate of drug-likeness (QED) is 0.873. The number of nitrogens with zero attached hydrogens (tertiary/aromatic N) is 1. The molecule has 3 nitrogen and oxygen atoms in total. The standard InChI is InChI=1S/C18H19F3N2O/c1-3-23(16-9-4-6-13(2)10-16)17(24)12-22-15-8-5-7-14(11-15)18(19,20)21/h4-11,22H,3,12H2,1-2H3. The van der Waals surface area contributed by atoms with E-state index in [0.717, 1.165) is 23.4 Å². The zero-order valence-corrected chi connectivity index (χ0v) is 13.5. The van der Waals surface area contributed by atoms with E-state index in [1.807, 2.05) is 38.1 Å². The van der Waals surface area contributed by atoms with Crippen LogP contribution in [0.1, 0.15) is 18.1 Å². The molecule has 2 aromatic rings. The monoisotopic (exact) mass is 336 g/mol. The van der Waals surface area contributed by atoms with Gasteiger partial charge in [-0.3, -0.25) is 4.79 Å². The Morgan fingerprint density at radius 2 is 1.83 bits per heavy atom. The highest BCUT2D eigenvalue weighted by Gasteiger charge is 2.30. The molecule has 2 aromatic carbocycles. The Hall–Kier alpha value is -2.50. The van der Waals surface area contributed by atoms with E-state index in [1.54, 1.807) is 4.90 Å². The normalized spacial score (nSPS) is 11.2.